The molecule has 31 heavy (non-hydrogen) atoms. The molecule has 0 aliphatic carbocycles. The zero-order valence-electron chi connectivity index (χ0n) is 16.7. The van der Waals surface area contributed by atoms with Gasteiger partial charge in [-0.25, -0.2) is 14.2 Å². The summed E-state index contributed by atoms with van der Waals surface area (Å²) >= 11 is 1.43. The Kier molecular flexibility index (Phi) is 6.13. The van der Waals surface area contributed by atoms with Gasteiger partial charge in [0.2, 0.25) is 0 Å². The number of carbonyl (C=O) groups is 1. The van der Waals surface area contributed by atoms with Gasteiger partial charge in [-0.15, -0.1) is 0 Å². The van der Waals surface area contributed by atoms with Gasteiger partial charge in [0, 0.05) is 5.75 Å². The number of carbonyl (C=O) groups excluding carboxylic acids is 1. The minimum Gasteiger partial charge on any atom is -0.465 e. The highest BCUT2D eigenvalue weighted by Crippen LogP contribution is 2.23. The highest BCUT2D eigenvalue weighted by atomic mass is 32.2. The van der Waals surface area contributed by atoms with Gasteiger partial charge in [-0.1, -0.05) is 48.2 Å². The molecular formula is C24H19FN2O3S. The molecule has 0 amide bonds. The van der Waals surface area contributed by atoms with Gasteiger partial charge >= 0.3 is 5.97 Å². The maximum atomic E-state index is 13.3. The third kappa shape index (κ3) is 4.67. The van der Waals surface area contributed by atoms with Crippen LogP contribution >= 0.6 is 11.8 Å². The molecule has 1 aromatic heterocycles. The Labute approximate surface area is 182 Å². The van der Waals surface area contributed by atoms with Gasteiger partial charge in [0.05, 0.1) is 30.1 Å². The molecule has 0 aliphatic heterocycles. The first-order chi connectivity index (χ1) is 15.0. The second-order valence-electron chi connectivity index (χ2n) is 6.91. The van der Waals surface area contributed by atoms with Crippen LogP contribution in [-0.4, -0.2) is 22.6 Å². The monoisotopic (exact) mass is 434 g/mol. The van der Waals surface area contributed by atoms with Gasteiger partial charge < -0.3 is 4.74 Å². The smallest absolute Gasteiger partial charge is 0.337 e. The van der Waals surface area contributed by atoms with Gasteiger partial charge in [0.1, 0.15) is 5.82 Å². The molecule has 0 aliphatic rings. The molecule has 0 radical (unpaired) electrons. The number of thioether (sulfide) groups is 1. The summed E-state index contributed by atoms with van der Waals surface area (Å²) in [4.78, 5) is 29.5. The molecule has 0 bridgehead atoms. The lowest BCUT2D eigenvalue weighted by Gasteiger charge is -2.13. The van der Waals surface area contributed by atoms with E-state index in [2.05, 4.69) is 0 Å². The fourth-order valence-electron chi connectivity index (χ4n) is 3.17. The summed E-state index contributed by atoms with van der Waals surface area (Å²) in [5, 5.41) is 1.11. The summed E-state index contributed by atoms with van der Waals surface area (Å²) in [6.07, 6.45) is 0. The van der Waals surface area contributed by atoms with Crippen molar-refractivity contribution in [2.24, 2.45) is 0 Å². The van der Waals surface area contributed by atoms with Crippen LogP contribution in [0.3, 0.4) is 0 Å². The van der Waals surface area contributed by atoms with Gasteiger partial charge in [-0.05, 0) is 47.5 Å². The second-order valence-corrected chi connectivity index (χ2v) is 7.85. The number of aromatic nitrogens is 2. The summed E-state index contributed by atoms with van der Waals surface area (Å²) in [6, 6.07) is 20.4. The molecule has 156 valence electrons. The topological polar surface area (TPSA) is 61.2 Å². The molecule has 7 heteroatoms. The molecule has 0 fully saturated rings. The van der Waals surface area contributed by atoms with Crippen LogP contribution in [-0.2, 0) is 17.0 Å². The predicted octanol–water partition coefficient (Wildman–Crippen LogP) is 4.66. The fourth-order valence-corrected chi connectivity index (χ4v) is 4.13. The van der Waals surface area contributed by atoms with Crippen molar-refractivity contribution < 1.29 is 13.9 Å². The Bertz CT molecular complexity index is 1290. The molecule has 1 heterocycles. The van der Waals surface area contributed by atoms with Crippen LogP contribution < -0.4 is 5.56 Å². The number of hydrogen-bond donors (Lipinski definition) is 0. The SMILES string of the molecule is COC(=O)c1ccc(CSc2nc3ccccc3c(=O)n2Cc2ccc(F)cc2)cc1. The normalized spacial score (nSPS) is 10.9. The van der Waals surface area contributed by atoms with Crippen molar-refractivity contribution >= 4 is 28.6 Å². The highest BCUT2D eigenvalue weighted by Gasteiger charge is 2.13. The number of benzene rings is 3. The third-order valence-corrected chi connectivity index (χ3v) is 5.87. The number of rotatable bonds is 6. The zero-order chi connectivity index (χ0) is 21.8. The standard InChI is InChI=1S/C24H19FN2O3S/c1-30-23(29)18-10-6-17(7-11-18)15-31-24-26-21-5-3-2-4-20(21)22(28)27(24)14-16-8-12-19(25)13-9-16/h2-13H,14-15H2,1H3. The molecule has 0 saturated heterocycles. The molecule has 5 nitrogen and oxygen atoms in total. The van der Waals surface area contributed by atoms with E-state index in [9.17, 15) is 14.0 Å². The lowest BCUT2D eigenvalue weighted by Crippen LogP contribution is -2.24. The molecule has 0 spiro atoms. The van der Waals surface area contributed by atoms with Crippen LogP contribution in [0.4, 0.5) is 4.39 Å². The number of fused-ring (bicyclic) bond motifs is 1. The Morgan fingerprint density at radius 1 is 1.00 bits per heavy atom. The number of nitrogens with zero attached hydrogens (tertiary/aromatic N) is 2. The van der Waals surface area contributed by atoms with Crippen molar-refractivity contribution in [3.8, 4) is 0 Å². The summed E-state index contributed by atoms with van der Waals surface area (Å²) in [6.45, 7) is 0.292. The average Bonchev–Trinajstić information content (AvgIpc) is 2.81. The Balaban J connectivity index is 1.66. The van der Waals surface area contributed by atoms with Crippen LogP contribution in [0.15, 0.2) is 82.7 Å². The van der Waals surface area contributed by atoms with E-state index in [1.54, 1.807) is 34.9 Å². The lowest BCUT2D eigenvalue weighted by atomic mass is 10.1. The van der Waals surface area contributed by atoms with E-state index in [1.165, 1.54) is 31.0 Å². The van der Waals surface area contributed by atoms with Crippen LogP contribution in [0.25, 0.3) is 10.9 Å². The van der Waals surface area contributed by atoms with E-state index in [1.807, 2.05) is 30.3 Å². The molecule has 0 saturated carbocycles. The van der Waals surface area contributed by atoms with Crippen molar-refractivity contribution in [1.29, 1.82) is 0 Å². The molecule has 4 rings (SSSR count). The third-order valence-electron chi connectivity index (χ3n) is 4.82. The predicted molar refractivity (Wildman–Crippen MR) is 119 cm³/mol. The van der Waals surface area contributed by atoms with E-state index in [0.717, 1.165) is 11.1 Å². The first-order valence-electron chi connectivity index (χ1n) is 9.59. The fraction of sp³-hybridized carbons (Fsp3) is 0.125. The van der Waals surface area contributed by atoms with Crippen LogP contribution in [0, 0.1) is 5.82 Å². The van der Waals surface area contributed by atoms with E-state index in [-0.39, 0.29) is 17.3 Å². The molecule has 0 N–H and O–H groups in total. The first kappa shape index (κ1) is 20.8. The van der Waals surface area contributed by atoms with Crippen molar-refractivity contribution in [3.63, 3.8) is 0 Å². The quantitative estimate of drug-likeness (QED) is 0.251. The number of esters is 1. The largest absolute Gasteiger partial charge is 0.465 e. The minimum absolute atomic E-state index is 0.140. The maximum Gasteiger partial charge on any atom is 0.337 e. The highest BCUT2D eigenvalue weighted by molar-refractivity contribution is 7.98. The molecule has 0 atom stereocenters. The van der Waals surface area contributed by atoms with Crippen molar-refractivity contribution in [2.45, 2.75) is 17.5 Å². The molecule has 4 aromatic rings. The van der Waals surface area contributed by atoms with Crippen molar-refractivity contribution in [1.82, 2.24) is 9.55 Å². The number of para-hydroxylation sites is 1. The second kappa shape index (κ2) is 9.14. The lowest BCUT2D eigenvalue weighted by molar-refractivity contribution is 0.0600. The van der Waals surface area contributed by atoms with E-state index in [4.69, 9.17) is 9.72 Å². The van der Waals surface area contributed by atoms with Crippen LogP contribution in [0.5, 0.6) is 0 Å². The minimum atomic E-state index is -0.386. The van der Waals surface area contributed by atoms with E-state index in [0.29, 0.717) is 33.9 Å². The van der Waals surface area contributed by atoms with Gasteiger partial charge in [0.15, 0.2) is 5.16 Å². The summed E-state index contributed by atoms with van der Waals surface area (Å²) in [5.74, 6) is -0.142. The van der Waals surface area contributed by atoms with E-state index < -0.39 is 0 Å². The van der Waals surface area contributed by atoms with Crippen molar-refractivity contribution in [3.05, 3.63) is 106 Å². The summed E-state index contributed by atoms with van der Waals surface area (Å²) in [7, 11) is 1.35. The number of methoxy groups -OCH3 is 1. The maximum absolute atomic E-state index is 13.3. The first-order valence-corrected chi connectivity index (χ1v) is 10.6. The Hall–Kier alpha value is -3.45. The van der Waals surface area contributed by atoms with Crippen LogP contribution in [0.2, 0.25) is 0 Å². The zero-order valence-corrected chi connectivity index (χ0v) is 17.6. The summed E-state index contributed by atoms with van der Waals surface area (Å²) < 4.78 is 19.6. The van der Waals surface area contributed by atoms with Crippen molar-refractivity contribution in [2.75, 3.05) is 7.11 Å². The van der Waals surface area contributed by atoms with Crippen LogP contribution in [0.1, 0.15) is 21.5 Å². The number of halogens is 1. The molecule has 0 unspecified atom stereocenters. The average molecular weight is 434 g/mol. The summed E-state index contributed by atoms with van der Waals surface area (Å²) in [5.41, 5.74) is 2.76. The number of hydrogen-bond acceptors (Lipinski definition) is 5. The molecule has 3 aromatic carbocycles. The van der Waals surface area contributed by atoms with E-state index >= 15 is 0 Å². The Morgan fingerprint density at radius 2 is 1.68 bits per heavy atom. The Morgan fingerprint density at radius 3 is 2.39 bits per heavy atom. The van der Waals surface area contributed by atoms with Gasteiger partial charge in [-0.3, -0.25) is 9.36 Å². The molecular weight excluding hydrogens is 415 g/mol. The van der Waals surface area contributed by atoms with Gasteiger partial charge in [0.25, 0.3) is 5.56 Å². The van der Waals surface area contributed by atoms with Gasteiger partial charge in [-0.2, -0.15) is 0 Å². The number of ether oxygens (including phenoxy) is 1.